The monoisotopic (exact) mass is 445 g/mol. The predicted molar refractivity (Wildman–Crippen MR) is 142 cm³/mol. The molecule has 1 N–H and O–H groups in total. The van der Waals surface area contributed by atoms with Gasteiger partial charge in [-0.25, -0.2) is 0 Å². The molecule has 32 heavy (non-hydrogen) atoms. The van der Waals surface area contributed by atoms with Crippen LogP contribution in [0.1, 0.15) is 143 Å². The van der Waals surface area contributed by atoms with E-state index < -0.39 is 0 Å². The first-order valence-corrected chi connectivity index (χ1v) is 15.3. The Morgan fingerprint density at radius 2 is 1.59 bits per heavy atom. The summed E-state index contributed by atoms with van der Waals surface area (Å²) in [5.41, 5.74) is 0.878. The Morgan fingerprint density at radius 3 is 2.41 bits per heavy atom. The molecule has 0 aromatic rings. The minimum atomic E-state index is 0.878. The van der Waals surface area contributed by atoms with Crippen LogP contribution in [0, 0.1) is 40.9 Å². The largest absolute Gasteiger partial charge is 0.317 e. The third-order valence-corrected chi connectivity index (χ3v) is 10.1. The maximum atomic E-state index is 3.78. The predicted octanol–water partition coefficient (Wildman–Crippen LogP) is 9.40. The minimum Gasteiger partial charge on any atom is -0.317 e. The lowest BCUT2D eigenvalue weighted by atomic mass is 9.79. The van der Waals surface area contributed by atoms with E-state index in [1.165, 1.54) is 109 Å². The third-order valence-electron chi connectivity index (χ3n) is 10.1. The Kier molecular flexibility index (Phi) is 11.4. The average molecular weight is 446 g/mol. The van der Waals surface area contributed by atoms with Crippen LogP contribution in [0.15, 0.2) is 0 Å². The van der Waals surface area contributed by atoms with Crippen LogP contribution in [0.3, 0.4) is 0 Å². The van der Waals surface area contributed by atoms with E-state index in [1.54, 1.807) is 19.3 Å². The summed E-state index contributed by atoms with van der Waals surface area (Å²) in [6, 6.07) is 0. The molecular formula is C31H59N. The van der Waals surface area contributed by atoms with Crippen molar-refractivity contribution in [2.45, 2.75) is 143 Å². The van der Waals surface area contributed by atoms with Crippen LogP contribution in [-0.2, 0) is 0 Å². The van der Waals surface area contributed by atoms with E-state index >= 15 is 0 Å². The molecule has 3 aliphatic carbocycles. The summed E-state index contributed by atoms with van der Waals surface area (Å²) in [5.74, 6) is 6.13. The summed E-state index contributed by atoms with van der Waals surface area (Å²) in [6.07, 6.45) is 26.7. The summed E-state index contributed by atoms with van der Waals surface area (Å²) >= 11 is 0. The van der Waals surface area contributed by atoms with Crippen molar-refractivity contribution in [1.82, 2.24) is 5.32 Å². The highest BCUT2D eigenvalue weighted by molar-refractivity contribution is 5.18. The quantitative estimate of drug-likeness (QED) is 0.233. The fourth-order valence-corrected chi connectivity index (χ4v) is 7.49. The zero-order chi connectivity index (χ0) is 22.8. The standard InChI is InChI=1S/C31H59N/c1-5-6-9-17-29-23-31(29)24-30(31)26(4)14-10-7-8-13-21-32-22-20-27-15-11-12-16-28(19-18-27)25(2)3/h25-30,32H,5-24H2,1-4H3. The fraction of sp³-hybridized carbons (Fsp3) is 1.00. The molecule has 3 aliphatic rings. The SMILES string of the molecule is CCCCCC1CC12CC2C(C)CCCCCCNCCC1CCCCC(C(C)C)CC1. The molecule has 3 fully saturated rings. The summed E-state index contributed by atoms with van der Waals surface area (Å²) in [7, 11) is 0. The molecule has 6 atom stereocenters. The van der Waals surface area contributed by atoms with Crippen LogP contribution < -0.4 is 5.32 Å². The lowest BCUT2D eigenvalue weighted by molar-refractivity contribution is 0.253. The van der Waals surface area contributed by atoms with Crippen LogP contribution in [-0.4, -0.2) is 13.1 Å². The van der Waals surface area contributed by atoms with Gasteiger partial charge in [-0.05, 0) is 92.5 Å². The molecule has 6 unspecified atom stereocenters. The molecule has 0 amide bonds. The Labute approximate surface area is 202 Å². The molecule has 1 spiro atoms. The average Bonchev–Trinajstić information content (AvgIpc) is 3.65. The molecule has 0 aromatic heterocycles. The van der Waals surface area contributed by atoms with Crippen molar-refractivity contribution in [3.05, 3.63) is 0 Å². The number of hydrogen-bond donors (Lipinski definition) is 1. The second-order valence-electron chi connectivity index (χ2n) is 12.9. The molecule has 0 saturated heterocycles. The molecule has 0 bridgehead atoms. The van der Waals surface area contributed by atoms with Gasteiger partial charge in [-0.2, -0.15) is 0 Å². The smallest absolute Gasteiger partial charge is 0.00463 e. The molecule has 0 aliphatic heterocycles. The third kappa shape index (κ3) is 8.32. The first kappa shape index (κ1) is 26.6. The van der Waals surface area contributed by atoms with Gasteiger partial charge in [0.2, 0.25) is 0 Å². The van der Waals surface area contributed by atoms with E-state index in [0.717, 1.165) is 40.9 Å². The lowest BCUT2D eigenvalue weighted by Gasteiger charge is -2.27. The summed E-state index contributed by atoms with van der Waals surface area (Å²) in [6.45, 7) is 12.3. The van der Waals surface area contributed by atoms with Crippen molar-refractivity contribution in [1.29, 1.82) is 0 Å². The van der Waals surface area contributed by atoms with Crippen LogP contribution >= 0.6 is 0 Å². The maximum absolute atomic E-state index is 3.78. The van der Waals surface area contributed by atoms with Crippen molar-refractivity contribution in [2.75, 3.05) is 13.1 Å². The first-order chi connectivity index (χ1) is 15.6. The highest BCUT2D eigenvalue weighted by atomic mass is 14.8. The number of rotatable bonds is 16. The fourth-order valence-electron chi connectivity index (χ4n) is 7.49. The van der Waals surface area contributed by atoms with Gasteiger partial charge in [-0.3, -0.25) is 0 Å². The molecule has 0 aromatic carbocycles. The van der Waals surface area contributed by atoms with Crippen molar-refractivity contribution < 1.29 is 0 Å². The van der Waals surface area contributed by atoms with Gasteiger partial charge in [0.25, 0.3) is 0 Å². The van der Waals surface area contributed by atoms with Crippen LogP contribution in [0.5, 0.6) is 0 Å². The topological polar surface area (TPSA) is 12.0 Å². The number of nitrogens with one attached hydrogen (secondary N) is 1. The first-order valence-electron chi connectivity index (χ1n) is 15.3. The van der Waals surface area contributed by atoms with Gasteiger partial charge in [-0.1, -0.05) is 105 Å². The molecule has 0 heterocycles. The molecule has 3 saturated carbocycles. The van der Waals surface area contributed by atoms with Gasteiger partial charge >= 0.3 is 0 Å². The van der Waals surface area contributed by atoms with Crippen LogP contribution in [0.25, 0.3) is 0 Å². The normalized spacial score (nSPS) is 33.3. The van der Waals surface area contributed by atoms with Crippen molar-refractivity contribution in [3.63, 3.8) is 0 Å². The summed E-state index contributed by atoms with van der Waals surface area (Å²) in [5, 5.41) is 3.78. The number of hydrogen-bond acceptors (Lipinski definition) is 1. The van der Waals surface area contributed by atoms with Gasteiger partial charge in [0.1, 0.15) is 0 Å². The zero-order valence-corrected chi connectivity index (χ0v) is 22.6. The van der Waals surface area contributed by atoms with E-state index in [-0.39, 0.29) is 0 Å². The van der Waals surface area contributed by atoms with Crippen molar-refractivity contribution >= 4 is 0 Å². The van der Waals surface area contributed by atoms with Crippen molar-refractivity contribution in [3.8, 4) is 0 Å². The molecule has 1 heteroatoms. The van der Waals surface area contributed by atoms with E-state index in [9.17, 15) is 0 Å². The summed E-state index contributed by atoms with van der Waals surface area (Å²) in [4.78, 5) is 0. The molecule has 188 valence electrons. The van der Waals surface area contributed by atoms with E-state index in [2.05, 4.69) is 33.0 Å². The Balaban J connectivity index is 1.12. The highest BCUT2D eigenvalue weighted by Gasteiger charge is 2.70. The van der Waals surface area contributed by atoms with Crippen LogP contribution in [0.4, 0.5) is 0 Å². The van der Waals surface area contributed by atoms with E-state index in [1.807, 2.05) is 0 Å². The second kappa shape index (κ2) is 13.7. The molecular weight excluding hydrogens is 386 g/mol. The lowest BCUT2D eigenvalue weighted by Crippen LogP contribution is -2.21. The summed E-state index contributed by atoms with van der Waals surface area (Å²) < 4.78 is 0. The van der Waals surface area contributed by atoms with Gasteiger partial charge in [-0.15, -0.1) is 0 Å². The number of unbranched alkanes of at least 4 members (excludes halogenated alkanes) is 5. The van der Waals surface area contributed by atoms with Gasteiger partial charge in [0, 0.05) is 0 Å². The maximum Gasteiger partial charge on any atom is -0.00463 e. The molecule has 1 nitrogen and oxygen atoms in total. The van der Waals surface area contributed by atoms with Crippen LogP contribution in [0.2, 0.25) is 0 Å². The molecule has 3 rings (SSSR count). The van der Waals surface area contributed by atoms with E-state index in [4.69, 9.17) is 0 Å². The molecule has 0 radical (unpaired) electrons. The van der Waals surface area contributed by atoms with Gasteiger partial charge in [0.15, 0.2) is 0 Å². The zero-order valence-electron chi connectivity index (χ0n) is 22.6. The Bertz CT molecular complexity index is 499. The van der Waals surface area contributed by atoms with Gasteiger partial charge < -0.3 is 5.32 Å². The Morgan fingerprint density at radius 1 is 0.781 bits per heavy atom. The minimum absolute atomic E-state index is 0.878. The van der Waals surface area contributed by atoms with E-state index in [0.29, 0.717) is 0 Å². The highest BCUT2D eigenvalue weighted by Crippen LogP contribution is 2.78. The Hall–Kier alpha value is -0.0400. The second-order valence-corrected chi connectivity index (χ2v) is 12.9. The van der Waals surface area contributed by atoms with Crippen molar-refractivity contribution in [2.24, 2.45) is 40.9 Å². The van der Waals surface area contributed by atoms with Gasteiger partial charge in [0.05, 0.1) is 0 Å².